The van der Waals surface area contributed by atoms with E-state index in [1.165, 1.54) is 16.9 Å². The molecule has 0 bridgehead atoms. The van der Waals surface area contributed by atoms with E-state index < -0.39 is 0 Å². The van der Waals surface area contributed by atoms with Gasteiger partial charge in [-0.2, -0.15) is 0 Å². The Morgan fingerprint density at radius 1 is 1.60 bits per heavy atom. The fraction of sp³-hybridized carbons (Fsp3) is 0. The molecule has 5 nitrogen and oxygen atoms in total. The van der Waals surface area contributed by atoms with Gasteiger partial charge in [-0.15, -0.1) is 10.2 Å². The molecule has 0 spiro atoms. The Balaban J connectivity index is 3.09. The molecule has 50 valence electrons. The summed E-state index contributed by atoms with van der Waals surface area (Å²) in [5.74, 6) is 0. The van der Waals surface area contributed by atoms with Crippen molar-refractivity contribution in [2.24, 2.45) is 0 Å². The lowest BCUT2D eigenvalue weighted by molar-refractivity contribution is 0.920. The van der Waals surface area contributed by atoms with E-state index in [1.54, 1.807) is 6.20 Å². The number of nitrogens with zero attached hydrogens (tertiary/aromatic N) is 3. The van der Waals surface area contributed by atoms with Crippen LogP contribution >= 0.6 is 0 Å². The molecular weight excluding hydrogens is 132 g/mol. The third-order valence-corrected chi connectivity index (χ3v) is 1.22. The zero-order valence-corrected chi connectivity index (χ0v) is 4.98. The van der Waals surface area contributed by atoms with Crippen molar-refractivity contribution in [1.82, 2.24) is 19.8 Å². The molecule has 2 heterocycles. The van der Waals surface area contributed by atoms with Gasteiger partial charge in [-0.05, 0) is 0 Å². The second-order valence-corrected chi connectivity index (χ2v) is 1.85. The van der Waals surface area contributed by atoms with Crippen LogP contribution in [0.5, 0.6) is 0 Å². The minimum atomic E-state index is -0.128. The second-order valence-electron chi connectivity index (χ2n) is 1.85. The maximum atomic E-state index is 10.9. The van der Waals surface area contributed by atoms with Gasteiger partial charge in [0.1, 0.15) is 6.33 Å². The van der Waals surface area contributed by atoms with E-state index >= 15 is 0 Å². The van der Waals surface area contributed by atoms with E-state index in [2.05, 4.69) is 15.3 Å². The summed E-state index contributed by atoms with van der Waals surface area (Å²) in [5.41, 5.74) is 0.193. The van der Waals surface area contributed by atoms with Crippen LogP contribution in [0.3, 0.4) is 0 Å². The highest BCUT2D eigenvalue weighted by Gasteiger charge is 1.95. The maximum Gasteiger partial charge on any atom is 0.226 e. The first-order valence-corrected chi connectivity index (χ1v) is 2.75. The first kappa shape index (κ1) is 5.16. The number of rotatable bonds is 0. The van der Waals surface area contributed by atoms with E-state index in [4.69, 9.17) is 0 Å². The van der Waals surface area contributed by atoms with Gasteiger partial charge in [0.15, 0.2) is 0 Å². The molecule has 0 saturated heterocycles. The molecule has 0 aliphatic rings. The number of aromatic amines is 1. The molecule has 0 saturated carbocycles. The van der Waals surface area contributed by atoms with Crippen molar-refractivity contribution in [3.8, 4) is 0 Å². The molecule has 0 unspecified atom stereocenters. The van der Waals surface area contributed by atoms with Crippen molar-refractivity contribution < 1.29 is 0 Å². The Hall–Kier alpha value is -1.65. The lowest BCUT2D eigenvalue weighted by atomic mass is 10.5. The van der Waals surface area contributed by atoms with Crippen LogP contribution in [0, 0.1) is 0 Å². The summed E-state index contributed by atoms with van der Waals surface area (Å²) in [4.78, 5) is 10.9. The highest BCUT2D eigenvalue weighted by molar-refractivity contribution is 5.32. The summed E-state index contributed by atoms with van der Waals surface area (Å²) >= 11 is 0. The van der Waals surface area contributed by atoms with Crippen LogP contribution in [0.1, 0.15) is 0 Å². The van der Waals surface area contributed by atoms with Crippen LogP contribution in [0.15, 0.2) is 23.4 Å². The van der Waals surface area contributed by atoms with E-state index in [-0.39, 0.29) is 5.43 Å². The zero-order chi connectivity index (χ0) is 6.97. The molecule has 0 fully saturated rings. The number of nitrogens with one attached hydrogen (secondary N) is 1. The van der Waals surface area contributed by atoms with Gasteiger partial charge in [0.2, 0.25) is 11.1 Å². The van der Waals surface area contributed by atoms with Gasteiger partial charge >= 0.3 is 0 Å². The number of H-pyrrole nitrogens is 1. The van der Waals surface area contributed by atoms with Crippen LogP contribution in [0.25, 0.3) is 5.65 Å². The Kier molecular flexibility index (Phi) is 0.858. The minimum Gasteiger partial charge on any atom is -0.298 e. The van der Waals surface area contributed by atoms with Gasteiger partial charge in [0, 0.05) is 12.3 Å². The first-order valence-electron chi connectivity index (χ1n) is 2.75. The Labute approximate surface area is 55.3 Å². The normalized spacial score (nSPS) is 10.4. The summed E-state index contributed by atoms with van der Waals surface area (Å²) in [6, 6.07) is 1.41. The second kappa shape index (κ2) is 1.66. The van der Waals surface area contributed by atoms with Crippen LogP contribution in [0.2, 0.25) is 0 Å². The Bertz CT molecular complexity index is 401. The molecule has 0 atom stereocenters. The molecule has 2 aromatic rings. The average Bonchev–Trinajstić information content (AvgIpc) is 2.36. The standard InChI is InChI=1S/C5H4N4O/c10-4-1-2-7-9-3-6-8-5(4)9/h1-3,7H. The molecule has 5 heteroatoms. The quantitative estimate of drug-likeness (QED) is 0.526. The van der Waals surface area contributed by atoms with Crippen molar-refractivity contribution in [3.05, 3.63) is 28.8 Å². The molecule has 2 aromatic heterocycles. The van der Waals surface area contributed by atoms with Gasteiger partial charge in [0.05, 0.1) is 0 Å². The van der Waals surface area contributed by atoms with Gasteiger partial charge in [-0.3, -0.25) is 9.89 Å². The van der Waals surface area contributed by atoms with Crippen molar-refractivity contribution in [2.45, 2.75) is 0 Å². The largest absolute Gasteiger partial charge is 0.298 e. The van der Waals surface area contributed by atoms with Crippen molar-refractivity contribution in [3.63, 3.8) is 0 Å². The van der Waals surface area contributed by atoms with E-state index in [9.17, 15) is 4.79 Å². The highest BCUT2D eigenvalue weighted by atomic mass is 16.1. The molecule has 2 rings (SSSR count). The number of fused-ring (bicyclic) bond motifs is 1. The molecule has 0 aliphatic heterocycles. The number of hydrogen-bond donors (Lipinski definition) is 1. The molecule has 0 radical (unpaired) electrons. The van der Waals surface area contributed by atoms with Gasteiger partial charge < -0.3 is 0 Å². The Morgan fingerprint density at radius 2 is 2.50 bits per heavy atom. The van der Waals surface area contributed by atoms with Crippen molar-refractivity contribution in [2.75, 3.05) is 0 Å². The molecule has 10 heavy (non-hydrogen) atoms. The number of hydrogen-bond acceptors (Lipinski definition) is 3. The smallest absolute Gasteiger partial charge is 0.226 e. The van der Waals surface area contributed by atoms with Crippen molar-refractivity contribution >= 4 is 5.65 Å². The Morgan fingerprint density at radius 3 is 3.30 bits per heavy atom. The molecule has 0 aromatic carbocycles. The van der Waals surface area contributed by atoms with E-state index in [0.29, 0.717) is 5.65 Å². The fourth-order valence-electron chi connectivity index (χ4n) is 0.765. The maximum absolute atomic E-state index is 10.9. The summed E-state index contributed by atoms with van der Waals surface area (Å²) in [7, 11) is 0. The monoisotopic (exact) mass is 136 g/mol. The lowest BCUT2D eigenvalue weighted by Crippen LogP contribution is -2.05. The van der Waals surface area contributed by atoms with Gasteiger partial charge in [-0.1, -0.05) is 0 Å². The van der Waals surface area contributed by atoms with Gasteiger partial charge in [-0.25, -0.2) is 4.52 Å². The van der Waals surface area contributed by atoms with Crippen molar-refractivity contribution in [1.29, 1.82) is 0 Å². The average molecular weight is 136 g/mol. The first-order chi connectivity index (χ1) is 4.88. The molecule has 0 amide bonds. The molecular formula is C5H4N4O. The summed E-state index contributed by atoms with van der Waals surface area (Å²) < 4.78 is 1.46. The van der Waals surface area contributed by atoms with Crippen LogP contribution < -0.4 is 5.43 Å². The lowest BCUT2D eigenvalue weighted by Gasteiger charge is -1.86. The predicted octanol–water partition coefficient (Wildman–Crippen LogP) is -0.582. The fourth-order valence-corrected chi connectivity index (χ4v) is 0.765. The molecule has 0 aliphatic carbocycles. The summed E-state index contributed by atoms with van der Waals surface area (Å²) in [6.45, 7) is 0. The van der Waals surface area contributed by atoms with E-state index in [0.717, 1.165) is 0 Å². The number of aromatic nitrogens is 4. The van der Waals surface area contributed by atoms with Gasteiger partial charge in [0.25, 0.3) is 0 Å². The minimum absolute atomic E-state index is 0.128. The highest BCUT2D eigenvalue weighted by Crippen LogP contribution is 1.83. The molecule has 1 N–H and O–H groups in total. The van der Waals surface area contributed by atoms with E-state index in [1.807, 2.05) is 0 Å². The summed E-state index contributed by atoms with van der Waals surface area (Å²) in [5, 5.41) is 9.89. The summed E-state index contributed by atoms with van der Waals surface area (Å²) in [6.07, 6.45) is 2.98. The van der Waals surface area contributed by atoms with Crippen LogP contribution in [-0.4, -0.2) is 19.8 Å². The SMILES string of the molecule is O=c1cc[nH]n2cnnc12. The van der Waals surface area contributed by atoms with Crippen LogP contribution in [0.4, 0.5) is 0 Å². The van der Waals surface area contributed by atoms with Crippen LogP contribution in [-0.2, 0) is 0 Å². The zero-order valence-electron chi connectivity index (χ0n) is 4.98. The topological polar surface area (TPSA) is 63.0 Å². The predicted molar refractivity (Wildman–Crippen MR) is 33.6 cm³/mol. The third-order valence-electron chi connectivity index (χ3n) is 1.22. The third kappa shape index (κ3) is 0.540.